The number of halogens is 1. The van der Waals surface area contributed by atoms with E-state index in [1.165, 1.54) is 12.1 Å². The molecule has 0 saturated carbocycles. The van der Waals surface area contributed by atoms with Crippen molar-refractivity contribution < 1.29 is 14.3 Å². The van der Waals surface area contributed by atoms with E-state index in [0.717, 1.165) is 11.1 Å². The number of nitrogens with one attached hydrogen (secondary N) is 1. The van der Waals surface area contributed by atoms with Gasteiger partial charge in [-0.15, -0.1) is 0 Å². The lowest BCUT2D eigenvalue weighted by molar-refractivity contribution is -0.121. The Morgan fingerprint density at radius 1 is 1.14 bits per heavy atom. The highest BCUT2D eigenvalue weighted by Crippen LogP contribution is 2.12. The highest BCUT2D eigenvalue weighted by Gasteiger charge is 2.11. The van der Waals surface area contributed by atoms with Gasteiger partial charge in [0.25, 0.3) is 0 Å². The summed E-state index contributed by atoms with van der Waals surface area (Å²) in [6, 6.07) is 14.9. The van der Waals surface area contributed by atoms with Gasteiger partial charge in [0.15, 0.2) is 0 Å². The average Bonchev–Trinajstić information content (AvgIpc) is 2.55. The second-order valence-corrected chi connectivity index (χ2v) is 4.87. The first-order valence-electron chi connectivity index (χ1n) is 7.06. The van der Waals surface area contributed by atoms with Gasteiger partial charge in [-0.3, -0.25) is 4.79 Å². The predicted octanol–water partition coefficient (Wildman–Crippen LogP) is 3.08. The highest BCUT2D eigenvalue weighted by molar-refractivity contribution is 5.79. The lowest BCUT2D eigenvalue weighted by atomic mass is 10.1. The zero-order valence-electron chi connectivity index (χ0n) is 12.1. The maximum atomic E-state index is 12.8. The molecule has 0 heterocycles. The molecule has 0 fully saturated rings. The SMILES string of the molecule is O=C(C/C=C/c1ccc(F)cc1)NC(CO)c1ccccc1. The van der Waals surface area contributed by atoms with Gasteiger partial charge in [-0.1, -0.05) is 54.6 Å². The summed E-state index contributed by atoms with van der Waals surface area (Å²) in [6.07, 6.45) is 3.66. The Morgan fingerprint density at radius 3 is 2.45 bits per heavy atom. The molecule has 0 radical (unpaired) electrons. The normalized spacial score (nSPS) is 12.3. The Kier molecular flexibility index (Phi) is 5.86. The summed E-state index contributed by atoms with van der Waals surface area (Å²) in [5, 5.41) is 12.2. The van der Waals surface area contributed by atoms with E-state index in [9.17, 15) is 14.3 Å². The number of carbonyl (C=O) groups is 1. The van der Waals surface area contributed by atoms with Gasteiger partial charge in [0.2, 0.25) is 5.91 Å². The third-order valence-electron chi connectivity index (χ3n) is 3.20. The van der Waals surface area contributed by atoms with Crippen LogP contribution < -0.4 is 5.32 Å². The van der Waals surface area contributed by atoms with Gasteiger partial charge in [0.05, 0.1) is 12.6 Å². The molecule has 0 saturated heterocycles. The topological polar surface area (TPSA) is 49.3 Å². The van der Waals surface area contributed by atoms with Crippen molar-refractivity contribution in [3.05, 3.63) is 77.6 Å². The first-order valence-corrected chi connectivity index (χ1v) is 7.06. The molecular weight excluding hydrogens is 281 g/mol. The molecule has 0 bridgehead atoms. The summed E-state index contributed by atoms with van der Waals surface area (Å²) in [4.78, 5) is 11.9. The number of aliphatic hydroxyl groups is 1. The predicted molar refractivity (Wildman–Crippen MR) is 84.5 cm³/mol. The second kappa shape index (κ2) is 8.10. The van der Waals surface area contributed by atoms with Gasteiger partial charge in [-0.25, -0.2) is 4.39 Å². The van der Waals surface area contributed by atoms with Crippen LogP contribution in [0.15, 0.2) is 60.7 Å². The fourth-order valence-corrected chi connectivity index (χ4v) is 2.05. The number of aliphatic hydroxyl groups excluding tert-OH is 1. The van der Waals surface area contributed by atoms with E-state index in [2.05, 4.69) is 5.32 Å². The molecule has 22 heavy (non-hydrogen) atoms. The van der Waals surface area contributed by atoms with E-state index in [0.29, 0.717) is 0 Å². The Labute approximate surface area is 129 Å². The van der Waals surface area contributed by atoms with Crippen molar-refractivity contribution in [3.8, 4) is 0 Å². The fourth-order valence-electron chi connectivity index (χ4n) is 2.05. The van der Waals surface area contributed by atoms with Crippen molar-refractivity contribution in [1.82, 2.24) is 5.32 Å². The minimum absolute atomic E-state index is 0.155. The van der Waals surface area contributed by atoms with Crippen molar-refractivity contribution in [2.75, 3.05) is 6.61 Å². The maximum Gasteiger partial charge on any atom is 0.224 e. The molecule has 2 N–H and O–H groups in total. The molecule has 2 aromatic carbocycles. The van der Waals surface area contributed by atoms with Gasteiger partial charge in [0, 0.05) is 6.42 Å². The van der Waals surface area contributed by atoms with Crippen LogP contribution in [0.4, 0.5) is 4.39 Å². The summed E-state index contributed by atoms with van der Waals surface area (Å²) < 4.78 is 12.8. The molecule has 0 spiro atoms. The van der Waals surface area contributed by atoms with Crippen LogP contribution in [-0.4, -0.2) is 17.6 Å². The number of benzene rings is 2. The zero-order chi connectivity index (χ0) is 15.8. The second-order valence-electron chi connectivity index (χ2n) is 4.87. The van der Waals surface area contributed by atoms with E-state index < -0.39 is 6.04 Å². The maximum absolute atomic E-state index is 12.8. The molecule has 0 aromatic heterocycles. The molecule has 3 nitrogen and oxygen atoms in total. The zero-order valence-corrected chi connectivity index (χ0v) is 12.1. The van der Waals surface area contributed by atoms with E-state index >= 15 is 0 Å². The molecule has 1 atom stereocenters. The van der Waals surface area contributed by atoms with Gasteiger partial charge in [0.1, 0.15) is 5.82 Å². The van der Waals surface area contributed by atoms with Gasteiger partial charge < -0.3 is 10.4 Å². The van der Waals surface area contributed by atoms with Crippen molar-refractivity contribution in [2.24, 2.45) is 0 Å². The number of amides is 1. The fraction of sp³-hybridized carbons (Fsp3) is 0.167. The monoisotopic (exact) mass is 299 g/mol. The first-order chi connectivity index (χ1) is 10.7. The molecule has 0 aliphatic heterocycles. The molecular formula is C18H18FNO2. The average molecular weight is 299 g/mol. The third kappa shape index (κ3) is 4.82. The number of rotatable bonds is 6. The van der Waals surface area contributed by atoms with Crippen molar-refractivity contribution >= 4 is 12.0 Å². The molecule has 114 valence electrons. The molecule has 0 aliphatic carbocycles. The summed E-state index contributed by atoms with van der Waals surface area (Å²) in [7, 11) is 0. The molecule has 2 aromatic rings. The van der Waals surface area contributed by atoms with Crippen LogP contribution in [0.5, 0.6) is 0 Å². The lowest BCUT2D eigenvalue weighted by Crippen LogP contribution is -2.30. The minimum Gasteiger partial charge on any atom is -0.394 e. The number of hydrogen-bond donors (Lipinski definition) is 2. The lowest BCUT2D eigenvalue weighted by Gasteiger charge is -2.16. The molecule has 1 unspecified atom stereocenters. The van der Waals surface area contributed by atoms with E-state index in [4.69, 9.17) is 0 Å². The van der Waals surface area contributed by atoms with Gasteiger partial charge >= 0.3 is 0 Å². The smallest absolute Gasteiger partial charge is 0.224 e. The van der Waals surface area contributed by atoms with Crippen LogP contribution >= 0.6 is 0 Å². The van der Waals surface area contributed by atoms with Crippen LogP contribution in [0.1, 0.15) is 23.6 Å². The first kappa shape index (κ1) is 15.9. The Balaban J connectivity index is 1.88. The van der Waals surface area contributed by atoms with E-state index in [1.54, 1.807) is 24.3 Å². The Morgan fingerprint density at radius 2 is 1.82 bits per heavy atom. The summed E-state index contributed by atoms with van der Waals surface area (Å²) in [5.41, 5.74) is 1.69. The van der Waals surface area contributed by atoms with Crippen molar-refractivity contribution in [1.29, 1.82) is 0 Å². The minimum atomic E-state index is -0.409. The third-order valence-corrected chi connectivity index (χ3v) is 3.20. The van der Waals surface area contributed by atoms with Gasteiger partial charge in [-0.2, -0.15) is 0 Å². The largest absolute Gasteiger partial charge is 0.394 e. The van der Waals surface area contributed by atoms with Crippen LogP contribution in [-0.2, 0) is 4.79 Å². The summed E-state index contributed by atoms with van der Waals surface area (Å²) >= 11 is 0. The van der Waals surface area contributed by atoms with Crippen LogP contribution in [0, 0.1) is 5.82 Å². The molecule has 0 aliphatic rings. The molecule has 2 rings (SSSR count). The van der Waals surface area contributed by atoms with Crippen LogP contribution in [0.3, 0.4) is 0 Å². The number of carbonyl (C=O) groups excluding carboxylic acids is 1. The summed E-state index contributed by atoms with van der Waals surface area (Å²) in [5.74, 6) is -0.468. The standard InChI is InChI=1S/C18H18FNO2/c19-16-11-9-14(10-12-16)5-4-8-18(22)20-17(13-21)15-6-2-1-3-7-15/h1-7,9-12,17,21H,8,13H2,(H,20,22)/b5-4+. The van der Waals surface area contributed by atoms with Crippen molar-refractivity contribution in [2.45, 2.75) is 12.5 Å². The number of hydrogen-bond acceptors (Lipinski definition) is 2. The highest BCUT2D eigenvalue weighted by atomic mass is 19.1. The Bertz CT molecular complexity index is 623. The molecule has 4 heteroatoms. The van der Waals surface area contributed by atoms with Crippen molar-refractivity contribution in [3.63, 3.8) is 0 Å². The van der Waals surface area contributed by atoms with E-state index in [1.807, 2.05) is 30.3 Å². The Hall–Kier alpha value is -2.46. The van der Waals surface area contributed by atoms with Crippen LogP contribution in [0.25, 0.3) is 6.08 Å². The van der Waals surface area contributed by atoms with E-state index in [-0.39, 0.29) is 24.8 Å². The molecule has 1 amide bonds. The summed E-state index contributed by atoms with van der Waals surface area (Å²) in [6.45, 7) is -0.155. The quantitative estimate of drug-likeness (QED) is 0.861. The van der Waals surface area contributed by atoms with Gasteiger partial charge in [-0.05, 0) is 23.3 Å². The van der Waals surface area contributed by atoms with Crippen LogP contribution in [0.2, 0.25) is 0 Å².